The van der Waals surface area contributed by atoms with Crippen LogP contribution in [-0.2, 0) is 4.74 Å². The summed E-state index contributed by atoms with van der Waals surface area (Å²) < 4.78 is 11.8. The second-order valence-corrected chi connectivity index (χ2v) is 13.3. The summed E-state index contributed by atoms with van der Waals surface area (Å²) in [7, 11) is 3.73. The van der Waals surface area contributed by atoms with Crippen LogP contribution in [0.2, 0.25) is 0 Å². The van der Waals surface area contributed by atoms with Crippen LogP contribution in [0.5, 0.6) is 5.75 Å². The number of carbonyl (C=O) groups excluding carboxylic acids is 2. The molecule has 3 heterocycles. The number of rotatable bonds is 2. The fraction of sp³-hybridized carbons (Fsp3) is 0.538. The fourth-order valence-electron chi connectivity index (χ4n) is 5.30. The van der Waals surface area contributed by atoms with E-state index in [9.17, 15) is 9.59 Å². The first-order valence-corrected chi connectivity index (χ1v) is 15.1. The first kappa shape index (κ1) is 24.9. The Morgan fingerprint density at radius 1 is 1.11 bits per heavy atom. The maximum absolute atomic E-state index is 13.5. The molecule has 2 saturated heterocycles. The molecule has 0 radical (unpaired) electrons. The minimum absolute atomic E-state index is 0.0338. The summed E-state index contributed by atoms with van der Waals surface area (Å²) in [5.41, 5.74) is 1.08. The summed E-state index contributed by atoms with van der Waals surface area (Å²) >= 11 is 6.36. The Balaban J connectivity index is 1.51. The van der Waals surface area contributed by atoms with Crippen LogP contribution in [-0.4, -0.2) is 59.2 Å². The van der Waals surface area contributed by atoms with E-state index in [1.54, 1.807) is 4.90 Å². The molecule has 2 fully saturated rings. The van der Waals surface area contributed by atoms with Crippen LogP contribution >= 0.6 is 33.2 Å². The summed E-state index contributed by atoms with van der Waals surface area (Å²) in [6.45, 7) is 6.69. The Bertz CT molecular complexity index is 1140. The zero-order valence-corrected chi connectivity index (χ0v) is 22.7. The molecule has 2 aromatic rings. The van der Waals surface area contributed by atoms with Crippen LogP contribution in [0.25, 0.3) is 10.8 Å². The van der Waals surface area contributed by atoms with E-state index in [0.717, 1.165) is 40.7 Å². The molecule has 3 atom stereocenters. The Kier molecular flexibility index (Phi) is 7.07. The van der Waals surface area contributed by atoms with Crippen LogP contribution in [0.1, 0.15) is 45.1 Å². The molecule has 0 N–H and O–H groups in total. The van der Waals surface area contributed by atoms with Crippen molar-refractivity contribution >= 4 is 61.8 Å². The maximum atomic E-state index is 13.5. The van der Waals surface area contributed by atoms with Crippen molar-refractivity contribution in [2.24, 2.45) is 5.92 Å². The Hall–Kier alpha value is -1.77. The third-order valence-corrected chi connectivity index (χ3v) is 9.78. The van der Waals surface area contributed by atoms with Crippen molar-refractivity contribution in [1.82, 2.24) is 4.90 Å². The van der Waals surface area contributed by atoms with Gasteiger partial charge in [-0.1, -0.05) is 45.9 Å². The number of hydrogen-bond acceptors (Lipinski definition) is 6. The number of anilines is 1. The van der Waals surface area contributed by atoms with Gasteiger partial charge in [-0.05, 0) is 50.5 Å². The third kappa shape index (κ3) is 4.94. The molecule has 0 unspecified atom stereocenters. The van der Waals surface area contributed by atoms with E-state index in [0.29, 0.717) is 36.3 Å². The average Bonchev–Trinajstić information content (AvgIpc) is 3.21. The van der Waals surface area contributed by atoms with Crippen molar-refractivity contribution in [2.75, 3.05) is 35.4 Å². The minimum Gasteiger partial charge on any atom is -0.443 e. The number of carbonyl (C=O) groups is 2. The van der Waals surface area contributed by atoms with Crippen LogP contribution < -0.4 is 9.64 Å². The molecule has 6 nitrogen and oxygen atoms in total. The maximum Gasteiger partial charge on any atom is 0.415 e. The van der Waals surface area contributed by atoms with Gasteiger partial charge in [0.15, 0.2) is 0 Å². The predicted octanol–water partition coefficient (Wildman–Crippen LogP) is 6.89. The normalized spacial score (nSPS) is 24.2. The monoisotopic (exact) mass is 534 g/mol. The molecule has 0 bridgehead atoms. The zero-order valence-electron chi connectivity index (χ0n) is 20.3. The molecule has 35 heavy (non-hydrogen) atoms. The van der Waals surface area contributed by atoms with Crippen molar-refractivity contribution < 1.29 is 19.1 Å². The van der Waals surface area contributed by atoms with Crippen LogP contribution in [0.4, 0.5) is 15.3 Å². The van der Waals surface area contributed by atoms with Crippen molar-refractivity contribution in [3.05, 3.63) is 35.9 Å². The standard InChI is InChI=1S/C26H31ClN2O4S2/c1-26(2,3)33-25(31)29-13-17(12-27)23-19-9-5-4-8-18(19)22(11-20(23)29)32-24(30)28-10-6-7-16-14-34-35-15-21(16)28/h4-5,8-9,11,16-17,21H,6-7,10,12-15H2,1-3H3/t16-,17-,21+/m1/s1. The van der Waals surface area contributed by atoms with E-state index in [-0.39, 0.29) is 18.1 Å². The molecule has 3 aliphatic heterocycles. The minimum atomic E-state index is -0.621. The molecule has 3 aliphatic rings. The number of piperidine rings is 1. The van der Waals surface area contributed by atoms with Gasteiger partial charge >= 0.3 is 12.2 Å². The van der Waals surface area contributed by atoms with Gasteiger partial charge in [0.1, 0.15) is 11.4 Å². The lowest BCUT2D eigenvalue weighted by Crippen LogP contribution is -2.52. The number of benzene rings is 2. The van der Waals surface area contributed by atoms with Gasteiger partial charge in [-0.25, -0.2) is 9.59 Å². The van der Waals surface area contributed by atoms with Crippen LogP contribution in [0.15, 0.2) is 30.3 Å². The molecule has 2 amide bonds. The number of hydrogen-bond donors (Lipinski definition) is 0. The van der Waals surface area contributed by atoms with Crippen molar-refractivity contribution in [1.29, 1.82) is 0 Å². The second-order valence-electron chi connectivity index (χ2n) is 10.4. The van der Waals surface area contributed by atoms with Crippen molar-refractivity contribution in [3.8, 4) is 5.75 Å². The number of amides is 2. The van der Waals surface area contributed by atoms with Gasteiger partial charge in [0.2, 0.25) is 0 Å². The number of nitrogens with zero attached hydrogens (tertiary/aromatic N) is 2. The van der Waals surface area contributed by atoms with E-state index >= 15 is 0 Å². The van der Waals surface area contributed by atoms with E-state index in [1.165, 1.54) is 0 Å². The first-order chi connectivity index (χ1) is 16.8. The Morgan fingerprint density at radius 3 is 2.60 bits per heavy atom. The summed E-state index contributed by atoms with van der Waals surface area (Å²) in [5.74, 6) is 3.33. The highest BCUT2D eigenvalue weighted by atomic mass is 35.5. The van der Waals surface area contributed by atoms with Crippen LogP contribution in [0.3, 0.4) is 0 Å². The lowest BCUT2D eigenvalue weighted by Gasteiger charge is -2.42. The predicted molar refractivity (Wildman–Crippen MR) is 145 cm³/mol. The molecule has 188 valence electrons. The highest BCUT2D eigenvalue weighted by Gasteiger charge is 2.39. The zero-order chi connectivity index (χ0) is 24.7. The van der Waals surface area contributed by atoms with Crippen molar-refractivity contribution in [2.45, 2.75) is 51.2 Å². The van der Waals surface area contributed by atoms with Gasteiger partial charge in [0.25, 0.3) is 0 Å². The third-order valence-electron chi connectivity index (χ3n) is 6.88. The van der Waals surface area contributed by atoms with Gasteiger partial charge in [0, 0.05) is 53.9 Å². The number of ether oxygens (including phenoxy) is 2. The van der Waals surface area contributed by atoms with Gasteiger partial charge < -0.3 is 14.4 Å². The van der Waals surface area contributed by atoms with Crippen molar-refractivity contribution in [3.63, 3.8) is 0 Å². The molecule has 0 saturated carbocycles. The topological polar surface area (TPSA) is 59.1 Å². The second kappa shape index (κ2) is 9.94. The van der Waals surface area contributed by atoms with Gasteiger partial charge in [-0.2, -0.15) is 0 Å². The summed E-state index contributed by atoms with van der Waals surface area (Å²) in [5, 5.41) is 1.80. The summed E-state index contributed by atoms with van der Waals surface area (Å²) in [4.78, 5) is 30.1. The van der Waals surface area contributed by atoms with E-state index in [4.69, 9.17) is 21.1 Å². The number of halogens is 1. The lowest BCUT2D eigenvalue weighted by molar-refractivity contribution is 0.0582. The SMILES string of the molecule is CC(C)(C)OC(=O)N1C[C@@H](CCl)c2c1cc(OC(=O)N1CCC[C@@H]3CSSC[C@@H]31)c1ccccc21. The molecule has 2 aromatic carbocycles. The molecule has 9 heteroatoms. The average molecular weight is 535 g/mol. The highest BCUT2D eigenvalue weighted by molar-refractivity contribution is 8.76. The molecule has 0 spiro atoms. The molecule has 0 aromatic heterocycles. The quantitative estimate of drug-likeness (QED) is 0.309. The molecular formula is C26H31ClN2O4S2. The van der Waals surface area contributed by atoms with Crippen LogP contribution in [0, 0.1) is 5.92 Å². The first-order valence-electron chi connectivity index (χ1n) is 12.1. The van der Waals surface area contributed by atoms with E-state index in [2.05, 4.69) is 0 Å². The van der Waals surface area contributed by atoms with Gasteiger partial charge in [-0.3, -0.25) is 4.90 Å². The Labute approximate surface area is 219 Å². The molecule has 0 aliphatic carbocycles. The van der Waals surface area contributed by atoms with E-state index < -0.39 is 11.7 Å². The Morgan fingerprint density at radius 2 is 1.86 bits per heavy atom. The smallest absolute Gasteiger partial charge is 0.415 e. The van der Waals surface area contributed by atoms with E-state index in [1.807, 2.05) is 77.6 Å². The van der Waals surface area contributed by atoms with Gasteiger partial charge in [0.05, 0.1) is 5.69 Å². The van der Waals surface area contributed by atoms with Gasteiger partial charge in [-0.15, -0.1) is 11.6 Å². The summed E-state index contributed by atoms with van der Waals surface area (Å²) in [6.07, 6.45) is 1.42. The summed E-state index contributed by atoms with van der Waals surface area (Å²) in [6, 6.07) is 9.90. The number of likely N-dealkylation sites (tertiary alicyclic amines) is 1. The fourth-order valence-corrected chi connectivity index (χ4v) is 8.42. The molecule has 5 rings (SSSR count). The lowest BCUT2D eigenvalue weighted by atomic mass is 9.92. The number of alkyl halides is 1. The largest absolute Gasteiger partial charge is 0.443 e. The number of fused-ring (bicyclic) bond motifs is 4. The highest BCUT2D eigenvalue weighted by Crippen LogP contribution is 2.46. The molecular weight excluding hydrogens is 504 g/mol.